The van der Waals surface area contributed by atoms with E-state index >= 15 is 0 Å². The number of fused-ring (bicyclic) bond motifs is 2. The molecule has 1 aliphatic heterocycles. The summed E-state index contributed by atoms with van der Waals surface area (Å²) in [6.07, 6.45) is 0.840. The van der Waals surface area contributed by atoms with Crippen molar-refractivity contribution in [1.82, 2.24) is 9.88 Å². The van der Waals surface area contributed by atoms with Crippen LogP contribution in [0.25, 0.3) is 10.9 Å². The van der Waals surface area contributed by atoms with Crippen LogP contribution in [0.2, 0.25) is 0 Å². The molecule has 19 heavy (non-hydrogen) atoms. The Kier molecular flexibility index (Phi) is 2.64. The highest BCUT2D eigenvalue weighted by atomic mass is 16.1. The molecular formula is C14H16N4O. The molecule has 2 heterocycles. The van der Waals surface area contributed by atoms with E-state index in [1.165, 1.54) is 0 Å². The first-order valence-corrected chi connectivity index (χ1v) is 6.25. The Morgan fingerprint density at radius 1 is 1.42 bits per heavy atom. The molecule has 0 unspecified atom stereocenters. The van der Waals surface area contributed by atoms with Crippen LogP contribution in [0.4, 0.5) is 5.69 Å². The van der Waals surface area contributed by atoms with Crippen molar-refractivity contribution in [3.05, 3.63) is 35.0 Å². The van der Waals surface area contributed by atoms with Crippen LogP contribution >= 0.6 is 0 Å². The number of aromatic nitrogens is 1. The predicted molar refractivity (Wildman–Crippen MR) is 74.7 cm³/mol. The van der Waals surface area contributed by atoms with Gasteiger partial charge in [0.25, 0.3) is 0 Å². The van der Waals surface area contributed by atoms with Gasteiger partial charge in [0.15, 0.2) is 0 Å². The van der Waals surface area contributed by atoms with Crippen LogP contribution in [0, 0.1) is 0 Å². The SMILES string of the molecule is CN1CCc2nc3ccc(N)cc3c(C(N)=O)c2C1. The topological polar surface area (TPSA) is 85.2 Å². The van der Waals surface area contributed by atoms with E-state index in [0.717, 1.165) is 35.1 Å². The summed E-state index contributed by atoms with van der Waals surface area (Å²) in [7, 11) is 2.03. The summed E-state index contributed by atoms with van der Waals surface area (Å²) in [5.41, 5.74) is 15.3. The maximum atomic E-state index is 11.8. The summed E-state index contributed by atoms with van der Waals surface area (Å²) in [5, 5.41) is 0.751. The number of hydrogen-bond donors (Lipinski definition) is 2. The van der Waals surface area contributed by atoms with Crippen molar-refractivity contribution < 1.29 is 4.79 Å². The lowest BCUT2D eigenvalue weighted by Crippen LogP contribution is -2.30. The zero-order chi connectivity index (χ0) is 13.6. The number of nitrogen functional groups attached to an aromatic ring is 1. The van der Waals surface area contributed by atoms with Gasteiger partial charge < -0.3 is 16.4 Å². The maximum Gasteiger partial charge on any atom is 0.249 e. The number of nitrogens with two attached hydrogens (primary N) is 2. The van der Waals surface area contributed by atoms with E-state index in [0.29, 0.717) is 17.8 Å². The second-order valence-electron chi connectivity index (χ2n) is 5.04. The summed E-state index contributed by atoms with van der Waals surface area (Å²) < 4.78 is 0. The highest BCUT2D eigenvalue weighted by Crippen LogP contribution is 2.28. The number of nitrogens with zero attached hydrogens (tertiary/aromatic N) is 2. The highest BCUT2D eigenvalue weighted by molar-refractivity contribution is 6.07. The second kappa shape index (κ2) is 4.20. The fraction of sp³-hybridized carbons (Fsp3) is 0.286. The molecule has 0 aliphatic carbocycles. The Hall–Kier alpha value is -2.14. The smallest absolute Gasteiger partial charge is 0.249 e. The van der Waals surface area contributed by atoms with Crippen molar-refractivity contribution in [2.24, 2.45) is 5.73 Å². The molecular weight excluding hydrogens is 240 g/mol. The molecule has 1 aromatic heterocycles. The predicted octanol–water partition coefficient (Wildman–Crippen LogP) is 0.904. The number of carbonyl (C=O) groups is 1. The van der Waals surface area contributed by atoms with E-state index < -0.39 is 5.91 Å². The largest absolute Gasteiger partial charge is 0.399 e. The van der Waals surface area contributed by atoms with E-state index in [-0.39, 0.29) is 0 Å². The lowest BCUT2D eigenvalue weighted by molar-refractivity contribution is 0.0999. The number of amides is 1. The second-order valence-corrected chi connectivity index (χ2v) is 5.04. The lowest BCUT2D eigenvalue weighted by atomic mass is 9.95. The summed E-state index contributed by atoms with van der Waals surface area (Å²) in [4.78, 5) is 18.6. The Morgan fingerprint density at radius 3 is 2.95 bits per heavy atom. The number of anilines is 1. The molecule has 0 saturated heterocycles. The van der Waals surface area contributed by atoms with Gasteiger partial charge in [-0.3, -0.25) is 9.78 Å². The van der Waals surface area contributed by atoms with Crippen LogP contribution in [0.5, 0.6) is 0 Å². The van der Waals surface area contributed by atoms with Gasteiger partial charge in [-0.1, -0.05) is 0 Å². The molecule has 3 rings (SSSR count). The third kappa shape index (κ3) is 1.92. The summed E-state index contributed by atoms with van der Waals surface area (Å²) in [6.45, 7) is 1.64. The van der Waals surface area contributed by atoms with E-state index in [1.54, 1.807) is 12.1 Å². The van der Waals surface area contributed by atoms with Crippen molar-refractivity contribution in [2.75, 3.05) is 19.3 Å². The average molecular weight is 256 g/mol. The van der Waals surface area contributed by atoms with Crippen molar-refractivity contribution >= 4 is 22.5 Å². The molecule has 0 radical (unpaired) electrons. The van der Waals surface area contributed by atoms with E-state index in [4.69, 9.17) is 11.5 Å². The van der Waals surface area contributed by atoms with Gasteiger partial charge in [0.05, 0.1) is 11.1 Å². The average Bonchev–Trinajstić information content (AvgIpc) is 2.35. The molecule has 5 heteroatoms. The number of primary amides is 1. The first-order valence-electron chi connectivity index (χ1n) is 6.25. The van der Waals surface area contributed by atoms with Gasteiger partial charge >= 0.3 is 0 Å². The molecule has 1 amide bonds. The Morgan fingerprint density at radius 2 is 2.21 bits per heavy atom. The van der Waals surface area contributed by atoms with E-state index in [9.17, 15) is 4.79 Å². The first-order chi connectivity index (χ1) is 9.06. The Bertz CT molecular complexity index is 681. The van der Waals surface area contributed by atoms with Gasteiger partial charge in [0, 0.05) is 41.8 Å². The van der Waals surface area contributed by atoms with Crippen LogP contribution in [-0.2, 0) is 13.0 Å². The Labute approximate surface area is 111 Å². The lowest BCUT2D eigenvalue weighted by Gasteiger charge is -2.26. The van der Waals surface area contributed by atoms with Crippen molar-refractivity contribution in [3.8, 4) is 0 Å². The minimum absolute atomic E-state index is 0.412. The molecule has 1 aliphatic rings. The summed E-state index contributed by atoms with van der Waals surface area (Å²) in [5.74, 6) is -0.412. The third-order valence-electron chi connectivity index (χ3n) is 3.60. The quantitative estimate of drug-likeness (QED) is 0.742. The van der Waals surface area contributed by atoms with Crippen molar-refractivity contribution in [1.29, 1.82) is 0 Å². The number of benzene rings is 1. The fourth-order valence-electron chi connectivity index (χ4n) is 2.68. The molecule has 98 valence electrons. The van der Waals surface area contributed by atoms with Crippen LogP contribution in [-0.4, -0.2) is 29.4 Å². The van der Waals surface area contributed by atoms with Gasteiger partial charge in [0.2, 0.25) is 5.91 Å². The normalized spacial score (nSPS) is 15.4. The fourth-order valence-corrected chi connectivity index (χ4v) is 2.68. The van der Waals surface area contributed by atoms with E-state index in [1.807, 2.05) is 13.1 Å². The van der Waals surface area contributed by atoms with Gasteiger partial charge in [0.1, 0.15) is 0 Å². The summed E-state index contributed by atoms with van der Waals surface area (Å²) >= 11 is 0. The van der Waals surface area contributed by atoms with Crippen LogP contribution in [0.1, 0.15) is 21.6 Å². The number of rotatable bonds is 1. The van der Waals surface area contributed by atoms with Crippen LogP contribution < -0.4 is 11.5 Å². The minimum atomic E-state index is -0.412. The number of carbonyl (C=O) groups excluding carboxylic acids is 1. The molecule has 2 aromatic rings. The van der Waals surface area contributed by atoms with Crippen LogP contribution in [0.15, 0.2) is 18.2 Å². The van der Waals surface area contributed by atoms with Gasteiger partial charge in [-0.2, -0.15) is 0 Å². The van der Waals surface area contributed by atoms with Gasteiger partial charge in [-0.25, -0.2) is 0 Å². The summed E-state index contributed by atoms with van der Waals surface area (Å²) in [6, 6.07) is 5.41. The number of hydrogen-bond acceptors (Lipinski definition) is 4. The molecule has 0 spiro atoms. The highest BCUT2D eigenvalue weighted by Gasteiger charge is 2.23. The van der Waals surface area contributed by atoms with Crippen molar-refractivity contribution in [2.45, 2.75) is 13.0 Å². The van der Waals surface area contributed by atoms with Gasteiger partial charge in [-0.15, -0.1) is 0 Å². The first kappa shape index (κ1) is 11.9. The molecule has 0 bridgehead atoms. The monoisotopic (exact) mass is 256 g/mol. The third-order valence-corrected chi connectivity index (χ3v) is 3.60. The minimum Gasteiger partial charge on any atom is -0.399 e. The Balaban J connectivity index is 2.37. The molecule has 1 aromatic carbocycles. The zero-order valence-electron chi connectivity index (χ0n) is 10.8. The molecule has 5 nitrogen and oxygen atoms in total. The molecule has 0 fully saturated rings. The number of pyridine rings is 1. The maximum absolute atomic E-state index is 11.8. The molecule has 4 N–H and O–H groups in total. The van der Waals surface area contributed by atoms with Crippen molar-refractivity contribution in [3.63, 3.8) is 0 Å². The van der Waals surface area contributed by atoms with Crippen LogP contribution in [0.3, 0.4) is 0 Å². The van der Waals surface area contributed by atoms with E-state index in [2.05, 4.69) is 9.88 Å². The molecule has 0 atom stereocenters. The molecule has 0 saturated carbocycles. The number of likely N-dealkylation sites (N-methyl/N-ethyl adjacent to an activating group) is 1. The van der Waals surface area contributed by atoms with Gasteiger partial charge in [-0.05, 0) is 25.2 Å². The zero-order valence-corrected chi connectivity index (χ0v) is 10.8. The standard InChI is InChI=1S/C14H16N4O/c1-18-5-4-12-10(7-18)13(14(16)19)9-6-8(15)2-3-11(9)17-12/h2-3,6H,4-5,7,15H2,1H3,(H2,16,19).